The van der Waals surface area contributed by atoms with Crippen LogP contribution in [0.15, 0.2) is 24.3 Å². The predicted octanol–water partition coefficient (Wildman–Crippen LogP) is 2.64. The van der Waals surface area contributed by atoms with Crippen molar-refractivity contribution in [3.63, 3.8) is 0 Å². The summed E-state index contributed by atoms with van der Waals surface area (Å²) in [6.45, 7) is 0. The van der Waals surface area contributed by atoms with Crippen LogP contribution in [0.2, 0.25) is 5.02 Å². The second-order valence-corrected chi connectivity index (χ2v) is 4.02. The van der Waals surface area contributed by atoms with Crippen molar-refractivity contribution < 1.29 is 13.6 Å². The van der Waals surface area contributed by atoms with Gasteiger partial charge in [0.2, 0.25) is 5.95 Å². The summed E-state index contributed by atoms with van der Waals surface area (Å²) >= 11 is 5.62. The molecule has 2 aromatic rings. The van der Waals surface area contributed by atoms with E-state index < -0.39 is 23.1 Å². The van der Waals surface area contributed by atoms with Gasteiger partial charge >= 0.3 is 12.1 Å². The number of nitrogens with zero attached hydrogens (tertiary/aromatic N) is 2. The Bertz CT molecular complexity index is 667. The molecule has 0 saturated carbocycles. The number of hydrogen-bond acceptors (Lipinski definition) is 4. The molecule has 0 spiro atoms. The van der Waals surface area contributed by atoms with Crippen molar-refractivity contribution in [1.82, 2.24) is 9.97 Å². The van der Waals surface area contributed by atoms with E-state index in [1.54, 1.807) is 18.2 Å². The van der Waals surface area contributed by atoms with Gasteiger partial charge in [0, 0.05) is 11.4 Å². The summed E-state index contributed by atoms with van der Waals surface area (Å²) in [5.74, 6) is -1.40. The molecule has 0 aliphatic heterocycles. The Kier molecular flexibility index (Phi) is 3.94. The van der Waals surface area contributed by atoms with Crippen LogP contribution < -0.4 is 16.4 Å². The van der Waals surface area contributed by atoms with Crippen LogP contribution in [0.5, 0.6) is 0 Å². The number of rotatable bonds is 3. The number of urea groups is 1. The predicted molar refractivity (Wildman–Crippen MR) is 69.9 cm³/mol. The second kappa shape index (κ2) is 5.66. The summed E-state index contributed by atoms with van der Waals surface area (Å²) < 4.78 is 26.1. The van der Waals surface area contributed by atoms with Crippen LogP contribution in [-0.2, 0) is 0 Å². The molecule has 4 N–H and O–H groups in total. The molecule has 1 aromatic carbocycles. The molecule has 6 nitrogen and oxygen atoms in total. The summed E-state index contributed by atoms with van der Waals surface area (Å²) in [7, 11) is 0. The highest BCUT2D eigenvalue weighted by Gasteiger charge is 2.12. The largest absolute Gasteiger partial charge is 0.351 e. The molecule has 0 unspecified atom stereocenters. The fraction of sp³-hybridized carbons (Fsp3) is 0. The molecule has 2 amide bonds. The van der Waals surface area contributed by atoms with Gasteiger partial charge in [-0.15, -0.1) is 0 Å². The van der Waals surface area contributed by atoms with Crippen LogP contribution in [0.4, 0.5) is 30.8 Å². The van der Waals surface area contributed by atoms with Gasteiger partial charge in [0.15, 0.2) is 5.82 Å². The Morgan fingerprint density at radius 2 is 1.95 bits per heavy atom. The lowest BCUT2D eigenvalue weighted by atomic mass is 10.2. The number of amides is 2. The minimum Gasteiger partial charge on any atom is -0.351 e. The standard InChI is InChI=1S/C11H8ClF2N5O/c12-7-8(13)18-10(14)19-9(7)16-5-2-1-3-6(4-5)17-11(15)20/h1-4H,(H3,15,17,20)(H,16,18,19). The second-order valence-electron chi connectivity index (χ2n) is 3.64. The minimum absolute atomic E-state index is 0.229. The lowest BCUT2D eigenvalue weighted by molar-refractivity contribution is 0.259. The lowest BCUT2D eigenvalue weighted by Gasteiger charge is -2.09. The molecule has 0 aliphatic rings. The van der Waals surface area contributed by atoms with E-state index in [1.807, 2.05) is 0 Å². The number of benzene rings is 1. The van der Waals surface area contributed by atoms with Crippen molar-refractivity contribution >= 4 is 34.8 Å². The molecule has 1 heterocycles. The van der Waals surface area contributed by atoms with E-state index in [-0.39, 0.29) is 5.82 Å². The maximum Gasteiger partial charge on any atom is 0.316 e. The molecule has 2 rings (SSSR count). The highest BCUT2D eigenvalue weighted by Crippen LogP contribution is 2.26. The number of nitrogens with two attached hydrogens (primary N) is 1. The Hall–Kier alpha value is -2.48. The highest BCUT2D eigenvalue weighted by atomic mass is 35.5. The van der Waals surface area contributed by atoms with Gasteiger partial charge in [0.1, 0.15) is 5.02 Å². The third-order valence-corrected chi connectivity index (χ3v) is 2.51. The Morgan fingerprint density at radius 3 is 2.65 bits per heavy atom. The van der Waals surface area contributed by atoms with Gasteiger partial charge in [0.05, 0.1) is 0 Å². The van der Waals surface area contributed by atoms with E-state index in [1.165, 1.54) is 6.07 Å². The number of nitrogens with one attached hydrogen (secondary N) is 2. The van der Waals surface area contributed by atoms with E-state index in [9.17, 15) is 13.6 Å². The van der Waals surface area contributed by atoms with E-state index in [0.29, 0.717) is 11.4 Å². The average Bonchev–Trinajstić information content (AvgIpc) is 2.35. The Balaban J connectivity index is 2.28. The molecule has 0 saturated heterocycles. The van der Waals surface area contributed by atoms with Crippen molar-refractivity contribution in [2.24, 2.45) is 5.73 Å². The monoisotopic (exact) mass is 299 g/mol. The Morgan fingerprint density at radius 1 is 1.25 bits per heavy atom. The van der Waals surface area contributed by atoms with Crippen LogP contribution >= 0.6 is 11.6 Å². The summed E-state index contributed by atoms with van der Waals surface area (Å²) in [6, 6.07) is 5.51. The maximum absolute atomic E-state index is 13.2. The fourth-order valence-corrected chi connectivity index (χ4v) is 1.56. The first-order valence-corrected chi connectivity index (χ1v) is 5.65. The summed E-state index contributed by atoms with van der Waals surface area (Å²) in [5, 5.41) is 4.52. The number of anilines is 3. The normalized spacial score (nSPS) is 10.2. The van der Waals surface area contributed by atoms with Crippen LogP contribution in [0.1, 0.15) is 0 Å². The first kappa shape index (κ1) is 13.9. The smallest absolute Gasteiger partial charge is 0.316 e. The van der Waals surface area contributed by atoms with Crippen LogP contribution in [0.25, 0.3) is 0 Å². The lowest BCUT2D eigenvalue weighted by Crippen LogP contribution is -2.19. The van der Waals surface area contributed by atoms with Gasteiger partial charge in [-0.2, -0.15) is 18.7 Å². The van der Waals surface area contributed by atoms with Crippen molar-refractivity contribution in [3.05, 3.63) is 41.3 Å². The molecule has 0 atom stereocenters. The number of hydrogen-bond donors (Lipinski definition) is 3. The summed E-state index contributed by atoms with van der Waals surface area (Å²) in [4.78, 5) is 16.9. The zero-order valence-electron chi connectivity index (χ0n) is 9.82. The first-order chi connectivity index (χ1) is 9.45. The zero-order valence-corrected chi connectivity index (χ0v) is 10.6. The third-order valence-electron chi connectivity index (χ3n) is 2.18. The molecule has 0 aliphatic carbocycles. The van der Waals surface area contributed by atoms with Gasteiger partial charge in [-0.05, 0) is 18.2 Å². The molecular formula is C11H8ClF2N5O. The van der Waals surface area contributed by atoms with Crippen LogP contribution in [0, 0.1) is 12.0 Å². The maximum atomic E-state index is 13.2. The number of primary amides is 1. The van der Waals surface area contributed by atoms with Crippen LogP contribution in [0.3, 0.4) is 0 Å². The summed E-state index contributed by atoms with van der Waals surface area (Å²) in [5.41, 5.74) is 5.78. The molecular weight excluding hydrogens is 292 g/mol. The molecule has 20 heavy (non-hydrogen) atoms. The summed E-state index contributed by atoms with van der Waals surface area (Å²) in [6.07, 6.45) is -1.25. The SMILES string of the molecule is NC(=O)Nc1cccc(Nc2nc(F)nc(F)c2Cl)c1. The molecule has 9 heteroatoms. The quantitative estimate of drug-likeness (QED) is 0.600. The minimum atomic E-state index is -1.25. The molecule has 0 fully saturated rings. The van der Waals surface area contributed by atoms with E-state index in [4.69, 9.17) is 17.3 Å². The highest BCUT2D eigenvalue weighted by molar-refractivity contribution is 6.33. The van der Waals surface area contributed by atoms with E-state index >= 15 is 0 Å². The van der Waals surface area contributed by atoms with Crippen molar-refractivity contribution in [2.75, 3.05) is 10.6 Å². The topological polar surface area (TPSA) is 92.9 Å². The number of carbonyl (C=O) groups excluding carboxylic acids is 1. The average molecular weight is 300 g/mol. The van der Waals surface area contributed by atoms with Crippen molar-refractivity contribution in [1.29, 1.82) is 0 Å². The van der Waals surface area contributed by atoms with Crippen molar-refractivity contribution in [2.45, 2.75) is 0 Å². The molecule has 104 valence electrons. The zero-order chi connectivity index (χ0) is 14.7. The molecule has 0 bridgehead atoms. The van der Waals surface area contributed by atoms with Crippen LogP contribution in [-0.4, -0.2) is 16.0 Å². The van der Waals surface area contributed by atoms with Crippen molar-refractivity contribution in [3.8, 4) is 0 Å². The van der Waals surface area contributed by atoms with Gasteiger partial charge in [0.25, 0.3) is 0 Å². The third kappa shape index (κ3) is 3.29. The number of aromatic nitrogens is 2. The van der Waals surface area contributed by atoms with E-state index in [2.05, 4.69) is 20.6 Å². The van der Waals surface area contributed by atoms with Gasteiger partial charge < -0.3 is 16.4 Å². The van der Waals surface area contributed by atoms with Gasteiger partial charge in [-0.25, -0.2) is 4.79 Å². The van der Waals surface area contributed by atoms with Gasteiger partial charge in [-0.1, -0.05) is 17.7 Å². The number of carbonyl (C=O) groups is 1. The van der Waals surface area contributed by atoms with E-state index in [0.717, 1.165) is 0 Å². The fourth-order valence-electron chi connectivity index (χ4n) is 1.43. The molecule has 1 aromatic heterocycles. The number of halogens is 3. The Labute approximate surface area is 117 Å². The molecule has 0 radical (unpaired) electrons. The van der Waals surface area contributed by atoms with Gasteiger partial charge in [-0.3, -0.25) is 0 Å². The first-order valence-electron chi connectivity index (χ1n) is 5.28.